The monoisotopic (exact) mass is 95.0 g/mol. The first kappa shape index (κ1) is 4.87. The van der Waals surface area contributed by atoms with Crippen molar-refractivity contribution in [2.75, 3.05) is 0 Å². The number of rotatable bonds is 0. The van der Waals surface area contributed by atoms with Gasteiger partial charge in [0.2, 0.25) is 0 Å². The summed E-state index contributed by atoms with van der Waals surface area (Å²) in [6, 6.07) is 0. The summed E-state index contributed by atoms with van der Waals surface area (Å²) < 4.78 is 19.1. The van der Waals surface area contributed by atoms with Crippen LogP contribution < -0.4 is 5.84 Å². The first-order valence-corrected chi connectivity index (χ1v) is 1.85. The lowest BCUT2D eigenvalue weighted by Gasteiger charge is -1.78. The zero-order valence-corrected chi connectivity index (χ0v) is 3.10. The van der Waals surface area contributed by atoms with E-state index in [2.05, 4.69) is 10.3 Å². The average molecular weight is 95.1 g/mol. The third-order valence-electron chi connectivity index (χ3n) is 0.0902. The summed E-state index contributed by atoms with van der Waals surface area (Å²) in [7, 11) is -2.17. The van der Waals surface area contributed by atoms with E-state index in [0.717, 1.165) is 0 Å². The highest BCUT2D eigenvalue weighted by Crippen LogP contribution is 1.46. The van der Waals surface area contributed by atoms with Crippen LogP contribution in [0.4, 0.5) is 0 Å². The fraction of sp³-hybridized carbons (Fsp3) is 0. The van der Waals surface area contributed by atoms with Crippen LogP contribution in [0.2, 0.25) is 0 Å². The number of hydrogen-bond donors (Lipinski definition) is 2. The zero-order valence-electron chi connectivity index (χ0n) is 2.29. The van der Waals surface area contributed by atoms with Gasteiger partial charge >= 0.3 is 0 Å². The SMILES string of the molecule is NN=[S-](=O)O. The maximum atomic E-state index is 9.19. The fourth-order valence-electron chi connectivity index (χ4n) is 0. The van der Waals surface area contributed by atoms with Crippen molar-refractivity contribution in [3.05, 3.63) is 0 Å². The summed E-state index contributed by atoms with van der Waals surface area (Å²) in [6.07, 6.45) is 0. The minimum Gasteiger partial charge on any atom is -0.453 e. The predicted octanol–water partition coefficient (Wildman–Crippen LogP) is -0.519. The van der Waals surface area contributed by atoms with E-state index in [4.69, 9.17) is 4.55 Å². The topological polar surface area (TPSA) is 75.7 Å². The van der Waals surface area contributed by atoms with E-state index < -0.39 is 10.9 Å². The Morgan fingerprint density at radius 2 is 2.20 bits per heavy atom. The lowest BCUT2D eigenvalue weighted by Crippen LogP contribution is -1.77. The van der Waals surface area contributed by atoms with Gasteiger partial charge in [-0.25, -0.2) is 5.84 Å². The van der Waals surface area contributed by atoms with Gasteiger partial charge in [-0.15, -0.1) is 0 Å². The summed E-state index contributed by atoms with van der Waals surface area (Å²) in [5.74, 6) is 4.25. The number of nitrogens with zero attached hydrogens (tertiary/aromatic N) is 1. The summed E-state index contributed by atoms with van der Waals surface area (Å²) in [6.45, 7) is 0. The second-order valence-corrected chi connectivity index (χ2v) is 1.01. The van der Waals surface area contributed by atoms with Crippen LogP contribution in [0.1, 0.15) is 0 Å². The molecule has 5 heavy (non-hydrogen) atoms. The molecule has 0 heterocycles. The molecule has 0 aliphatic heterocycles. The Kier molecular flexibility index (Phi) is 2.07. The van der Waals surface area contributed by atoms with Gasteiger partial charge in [-0.05, 0) is 0 Å². The normalized spacial score (nSPS) is 15.6. The average Bonchev–Trinajstić information content (AvgIpc) is 1.38. The Morgan fingerprint density at radius 1 is 2.00 bits per heavy atom. The second-order valence-electron chi connectivity index (χ2n) is 0.336. The molecule has 0 saturated heterocycles. The third-order valence-corrected chi connectivity index (χ3v) is 0.271. The first-order valence-electron chi connectivity index (χ1n) is 0.790. The van der Waals surface area contributed by atoms with Crippen LogP contribution in [-0.4, -0.2) is 4.55 Å². The lowest BCUT2D eigenvalue weighted by atomic mass is 13.0. The van der Waals surface area contributed by atoms with E-state index >= 15 is 0 Å². The van der Waals surface area contributed by atoms with Gasteiger partial charge in [0.05, 0.1) is 0 Å². The summed E-state index contributed by atoms with van der Waals surface area (Å²) in [5, 5.41) is 0. The molecule has 0 fully saturated rings. The van der Waals surface area contributed by atoms with Crippen LogP contribution >= 0.6 is 0 Å². The molecule has 0 amide bonds. The Morgan fingerprint density at radius 3 is 2.20 bits per heavy atom. The van der Waals surface area contributed by atoms with Gasteiger partial charge in [0.15, 0.2) is 0 Å². The first-order chi connectivity index (χ1) is 2.27. The Balaban J connectivity index is 3.62. The highest BCUT2D eigenvalue weighted by Gasteiger charge is 1.32. The van der Waals surface area contributed by atoms with Gasteiger partial charge in [-0.1, -0.05) is 10.9 Å². The second kappa shape index (κ2) is 2.13. The van der Waals surface area contributed by atoms with Crippen molar-refractivity contribution in [3.63, 3.8) is 0 Å². The van der Waals surface area contributed by atoms with Crippen molar-refractivity contribution in [2.45, 2.75) is 0 Å². The summed E-state index contributed by atoms with van der Waals surface area (Å²) in [4.78, 5) is 0. The van der Waals surface area contributed by atoms with Crippen LogP contribution in [0.25, 0.3) is 0 Å². The third kappa shape index (κ3) is 3.87. The molecule has 0 spiro atoms. The quantitative estimate of drug-likeness (QED) is 0.184. The zero-order chi connectivity index (χ0) is 4.28. The number of hydrogen-bond acceptors (Lipinski definition) is 3. The van der Waals surface area contributed by atoms with Gasteiger partial charge in [-0.2, -0.15) is 0 Å². The standard InChI is InChI=1S/H3N2O2S/c1-2-5(3)4/h1H2,(H,2,3,4)/q-1. The predicted molar refractivity (Wildman–Crippen MR) is 17.3 cm³/mol. The molecule has 4 nitrogen and oxygen atoms in total. The Bertz CT molecular complexity index is 79.6. The largest absolute Gasteiger partial charge is 0.453 e. The van der Waals surface area contributed by atoms with Crippen molar-refractivity contribution in [3.8, 4) is 0 Å². The van der Waals surface area contributed by atoms with Crippen molar-refractivity contribution in [2.24, 2.45) is 10.3 Å². The van der Waals surface area contributed by atoms with E-state index in [1.807, 2.05) is 0 Å². The maximum absolute atomic E-state index is 9.19. The molecular formula is H3N2O2S-. The lowest BCUT2D eigenvalue weighted by molar-refractivity contribution is 0.527. The van der Waals surface area contributed by atoms with Crippen molar-refractivity contribution >= 4 is 10.9 Å². The van der Waals surface area contributed by atoms with Crippen LogP contribution in [0.5, 0.6) is 0 Å². The molecule has 0 rings (SSSR count). The fourth-order valence-corrected chi connectivity index (χ4v) is 0. The van der Waals surface area contributed by atoms with Gasteiger partial charge in [0, 0.05) is 0 Å². The molecule has 32 valence electrons. The molecule has 0 aromatic rings. The van der Waals surface area contributed by atoms with E-state index in [-0.39, 0.29) is 0 Å². The molecule has 5 heteroatoms. The summed E-state index contributed by atoms with van der Waals surface area (Å²) in [5.41, 5.74) is 0. The van der Waals surface area contributed by atoms with E-state index in [9.17, 15) is 4.21 Å². The molecule has 0 unspecified atom stereocenters. The minimum atomic E-state index is -2.17. The van der Waals surface area contributed by atoms with Gasteiger partial charge < -0.3 is 8.76 Å². The molecule has 0 bridgehead atoms. The smallest absolute Gasteiger partial charge is 0.0506 e. The molecule has 3 N–H and O–H groups in total. The van der Waals surface area contributed by atoms with Crippen LogP contribution in [-0.2, 0) is 15.1 Å². The minimum absolute atomic E-state index is 2.17. The van der Waals surface area contributed by atoms with Crippen molar-refractivity contribution < 1.29 is 8.76 Å². The van der Waals surface area contributed by atoms with Crippen LogP contribution in [0, 0.1) is 0 Å². The van der Waals surface area contributed by atoms with Gasteiger partial charge in [0.25, 0.3) is 0 Å². The molecule has 0 radical (unpaired) electrons. The summed E-state index contributed by atoms with van der Waals surface area (Å²) >= 11 is 0. The van der Waals surface area contributed by atoms with Crippen molar-refractivity contribution in [1.29, 1.82) is 0 Å². The molecule has 0 saturated carbocycles. The van der Waals surface area contributed by atoms with Crippen LogP contribution in [0.3, 0.4) is 0 Å². The molecular weight excluding hydrogens is 92.1 g/mol. The molecule has 0 atom stereocenters. The Hall–Kier alpha value is -0.130. The molecule has 0 aliphatic rings. The Labute approximate surface area is 31.0 Å². The van der Waals surface area contributed by atoms with E-state index in [0.29, 0.717) is 0 Å². The molecule has 0 aliphatic carbocycles. The highest BCUT2D eigenvalue weighted by atomic mass is 32.2. The van der Waals surface area contributed by atoms with Crippen LogP contribution in [0.15, 0.2) is 4.47 Å². The number of nitrogens with two attached hydrogens (primary N) is 1. The van der Waals surface area contributed by atoms with E-state index in [1.54, 1.807) is 0 Å². The maximum Gasteiger partial charge on any atom is -0.0506 e. The molecule has 0 aromatic heterocycles. The highest BCUT2D eigenvalue weighted by molar-refractivity contribution is 7.68. The van der Waals surface area contributed by atoms with Gasteiger partial charge in [-0.3, -0.25) is 4.47 Å². The van der Waals surface area contributed by atoms with Crippen molar-refractivity contribution in [1.82, 2.24) is 0 Å². The van der Waals surface area contributed by atoms with Gasteiger partial charge in [0.1, 0.15) is 0 Å². The molecule has 0 aromatic carbocycles. The van der Waals surface area contributed by atoms with E-state index in [1.165, 1.54) is 0 Å².